The zero-order chi connectivity index (χ0) is 11.1. The molecule has 0 unspecified atom stereocenters. The van der Waals surface area contributed by atoms with Crippen molar-refractivity contribution >= 4 is 5.97 Å². The maximum Gasteiger partial charge on any atom is 0.310 e. The number of carbonyl (C=O) groups excluding carboxylic acids is 1. The smallest absolute Gasteiger partial charge is 0.310 e. The summed E-state index contributed by atoms with van der Waals surface area (Å²) >= 11 is 0. The average molecular weight is 210 g/mol. The Hall–Kier alpha value is -1.38. The summed E-state index contributed by atoms with van der Waals surface area (Å²) in [5.74, 6) is -0.367. The van der Waals surface area contributed by atoms with Crippen LogP contribution in [0, 0.1) is 0 Å². The van der Waals surface area contributed by atoms with Crippen molar-refractivity contribution in [1.29, 1.82) is 0 Å². The van der Waals surface area contributed by atoms with Gasteiger partial charge >= 0.3 is 5.97 Å². The molecule has 0 heterocycles. The first-order valence-electron chi connectivity index (χ1n) is 5.06. The summed E-state index contributed by atoms with van der Waals surface area (Å²) in [6.45, 7) is 1.26. The van der Waals surface area contributed by atoms with Gasteiger partial charge in [-0.1, -0.05) is 31.2 Å². The fourth-order valence-electron chi connectivity index (χ4n) is 1.43. The Morgan fingerprint density at radius 2 is 2.00 bits per heavy atom. The molecule has 0 bridgehead atoms. The lowest BCUT2D eigenvalue weighted by molar-refractivity contribution is -0.143. The molecule has 0 saturated carbocycles. The molecule has 15 heavy (non-hydrogen) atoms. The summed E-state index contributed by atoms with van der Waals surface area (Å²) in [7, 11) is 0. The number of benzene rings is 1. The molecule has 0 aliphatic heterocycles. The van der Waals surface area contributed by atoms with Gasteiger partial charge in [0.25, 0.3) is 0 Å². The highest BCUT2D eigenvalue weighted by Gasteiger charge is 2.07. The van der Waals surface area contributed by atoms with Crippen LogP contribution in [0.15, 0.2) is 24.3 Å². The molecule has 0 fully saturated rings. The van der Waals surface area contributed by atoms with Crippen molar-refractivity contribution in [2.75, 3.05) is 13.3 Å². The van der Waals surface area contributed by atoms with Gasteiger partial charge in [-0.2, -0.15) is 0 Å². The van der Waals surface area contributed by atoms with Crippen LogP contribution in [0.5, 0.6) is 0 Å². The van der Waals surface area contributed by atoms with E-state index >= 15 is 0 Å². The Bertz CT molecular complexity index is 323. The number of halogens is 1. The Morgan fingerprint density at radius 1 is 1.33 bits per heavy atom. The van der Waals surface area contributed by atoms with E-state index in [-0.39, 0.29) is 19.0 Å². The predicted molar refractivity (Wildman–Crippen MR) is 56.5 cm³/mol. The van der Waals surface area contributed by atoms with Gasteiger partial charge in [0, 0.05) is 0 Å². The van der Waals surface area contributed by atoms with Crippen LogP contribution in [0.2, 0.25) is 0 Å². The van der Waals surface area contributed by atoms with E-state index in [0.29, 0.717) is 0 Å². The quantitative estimate of drug-likeness (QED) is 0.697. The highest BCUT2D eigenvalue weighted by molar-refractivity contribution is 5.73. The van der Waals surface area contributed by atoms with E-state index in [4.69, 9.17) is 0 Å². The van der Waals surface area contributed by atoms with Crippen LogP contribution in [-0.2, 0) is 22.4 Å². The summed E-state index contributed by atoms with van der Waals surface area (Å²) < 4.78 is 16.4. The molecule has 3 heteroatoms. The van der Waals surface area contributed by atoms with E-state index < -0.39 is 6.67 Å². The highest BCUT2D eigenvalue weighted by atomic mass is 19.1. The molecule has 1 aromatic rings. The van der Waals surface area contributed by atoms with E-state index in [9.17, 15) is 9.18 Å². The van der Waals surface area contributed by atoms with Crippen molar-refractivity contribution in [1.82, 2.24) is 0 Å². The Balaban J connectivity index is 2.59. The number of alkyl halides is 1. The number of aryl methyl sites for hydroxylation is 1. The van der Waals surface area contributed by atoms with Crippen LogP contribution in [0.4, 0.5) is 4.39 Å². The molecule has 0 radical (unpaired) electrons. The fraction of sp³-hybridized carbons (Fsp3) is 0.417. The van der Waals surface area contributed by atoms with Gasteiger partial charge in [0.05, 0.1) is 6.42 Å². The van der Waals surface area contributed by atoms with Gasteiger partial charge in [0.15, 0.2) is 0 Å². The molecule has 0 amide bonds. The van der Waals surface area contributed by atoms with E-state index in [1.807, 2.05) is 31.2 Å². The minimum Gasteiger partial charge on any atom is -0.463 e. The molecule has 1 rings (SSSR count). The Labute approximate surface area is 89.1 Å². The largest absolute Gasteiger partial charge is 0.463 e. The fourth-order valence-corrected chi connectivity index (χ4v) is 1.43. The van der Waals surface area contributed by atoms with Gasteiger partial charge in [0.2, 0.25) is 0 Å². The number of hydrogen-bond acceptors (Lipinski definition) is 2. The van der Waals surface area contributed by atoms with Crippen molar-refractivity contribution in [3.8, 4) is 0 Å². The second kappa shape index (κ2) is 6.17. The molecular formula is C12H15FO2. The van der Waals surface area contributed by atoms with Crippen molar-refractivity contribution < 1.29 is 13.9 Å². The lowest BCUT2D eigenvalue weighted by Gasteiger charge is -2.06. The third kappa shape index (κ3) is 3.70. The first-order valence-corrected chi connectivity index (χ1v) is 5.06. The van der Waals surface area contributed by atoms with Crippen LogP contribution in [-0.4, -0.2) is 19.3 Å². The van der Waals surface area contributed by atoms with E-state index in [1.165, 1.54) is 0 Å². The molecule has 2 nitrogen and oxygen atoms in total. The molecule has 0 aliphatic carbocycles. The van der Waals surface area contributed by atoms with Gasteiger partial charge in [-0.3, -0.25) is 4.79 Å². The molecule has 0 saturated heterocycles. The minimum absolute atomic E-state index is 0.146. The molecule has 1 aromatic carbocycles. The lowest BCUT2D eigenvalue weighted by Crippen LogP contribution is -2.11. The second-order valence-corrected chi connectivity index (χ2v) is 3.21. The van der Waals surface area contributed by atoms with Crippen LogP contribution < -0.4 is 0 Å². The lowest BCUT2D eigenvalue weighted by atomic mass is 10.0. The SMILES string of the molecule is CCc1ccccc1CC(=O)OCCF. The van der Waals surface area contributed by atoms with Crippen LogP contribution in [0.1, 0.15) is 18.1 Å². The number of carbonyl (C=O) groups is 1. The summed E-state index contributed by atoms with van der Waals surface area (Å²) in [5.41, 5.74) is 2.10. The van der Waals surface area contributed by atoms with E-state index in [0.717, 1.165) is 17.5 Å². The summed E-state index contributed by atoms with van der Waals surface area (Å²) in [4.78, 5) is 11.3. The molecule has 0 N–H and O–H groups in total. The molecular weight excluding hydrogens is 195 g/mol. The third-order valence-corrected chi connectivity index (χ3v) is 2.17. The number of esters is 1. The monoisotopic (exact) mass is 210 g/mol. The van der Waals surface area contributed by atoms with Crippen LogP contribution in [0.25, 0.3) is 0 Å². The van der Waals surface area contributed by atoms with Crippen molar-refractivity contribution in [3.63, 3.8) is 0 Å². The summed E-state index contributed by atoms with van der Waals surface area (Å²) in [6, 6.07) is 7.71. The van der Waals surface area contributed by atoms with E-state index in [2.05, 4.69) is 4.74 Å². The Morgan fingerprint density at radius 3 is 2.60 bits per heavy atom. The van der Waals surface area contributed by atoms with Gasteiger partial charge in [-0.15, -0.1) is 0 Å². The van der Waals surface area contributed by atoms with Crippen molar-refractivity contribution in [3.05, 3.63) is 35.4 Å². The molecule has 0 aliphatic rings. The van der Waals surface area contributed by atoms with E-state index in [1.54, 1.807) is 0 Å². The molecule has 0 atom stereocenters. The normalized spacial score (nSPS) is 10.0. The second-order valence-electron chi connectivity index (χ2n) is 3.21. The van der Waals surface area contributed by atoms with Gasteiger partial charge < -0.3 is 4.74 Å². The van der Waals surface area contributed by atoms with Gasteiger partial charge in [0.1, 0.15) is 13.3 Å². The first kappa shape index (κ1) is 11.7. The van der Waals surface area contributed by atoms with Crippen LogP contribution >= 0.6 is 0 Å². The number of ether oxygens (including phenoxy) is 1. The van der Waals surface area contributed by atoms with Gasteiger partial charge in [-0.25, -0.2) is 4.39 Å². The minimum atomic E-state index is -0.624. The third-order valence-electron chi connectivity index (χ3n) is 2.17. The molecule has 0 aromatic heterocycles. The molecule has 82 valence electrons. The number of rotatable bonds is 5. The van der Waals surface area contributed by atoms with Crippen LogP contribution in [0.3, 0.4) is 0 Å². The maximum atomic E-state index is 11.8. The Kier molecular flexibility index (Phi) is 4.81. The zero-order valence-corrected chi connectivity index (χ0v) is 8.83. The topological polar surface area (TPSA) is 26.3 Å². The predicted octanol–water partition coefficient (Wildman–Crippen LogP) is 2.30. The molecule has 0 spiro atoms. The summed E-state index contributed by atoms with van der Waals surface area (Å²) in [5, 5.41) is 0. The van der Waals surface area contributed by atoms with Gasteiger partial charge in [-0.05, 0) is 17.5 Å². The number of hydrogen-bond donors (Lipinski definition) is 0. The van der Waals surface area contributed by atoms with Crippen molar-refractivity contribution in [2.45, 2.75) is 19.8 Å². The average Bonchev–Trinajstić information content (AvgIpc) is 2.27. The zero-order valence-electron chi connectivity index (χ0n) is 8.83. The highest BCUT2D eigenvalue weighted by Crippen LogP contribution is 2.10. The van der Waals surface area contributed by atoms with Crippen molar-refractivity contribution in [2.24, 2.45) is 0 Å². The standard InChI is InChI=1S/C12H15FO2/c1-2-10-5-3-4-6-11(10)9-12(14)15-8-7-13/h3-6H,2,7-9H2,1H3. The first-order chi connectivity index (χ1) is 7.27. The summed E-state index contributed by atoms with van der Waals surface area (Å²) in [6.07, 6.45) is 1.11. The maximum absolute atomic E-state index is 11.8.